The number of nitrogens with one attached hydrogen (secondary N) is 1. The number of nitrogen functional groups attached to an aromatic ring is 1. The van der Waals surface area contributed by atoms with Gasteiger partial charge in [0.1, 0.15) is 5.82 Å². The molecule has 0 aliphatic carbocycles. The van der Waals surface area contributed by atoms with E-state index in [-0.39, 0.29) is 12.1 Å². The molecule has 2 rings (SSSR count). The summed E-state index contributed by atoms with van der Waals surface area (Å²) in [5.74, 6) is 6.28. The number of hydrogen-bond acceptors (Lipinski definition) is 6. The van der Waals surface area contributed by atoms with Gasteiger partial charge in [0, 0.05) is 19.3 Å². The summed E-state index contributed by atoms with van der Waals surface area (Å²) in [6.07, 6.45) is 3.66. The molecule has 1 aromatic heterocycles. The van der Waals surface area contributed by atoms with Crippen LogP contribution in [-0.2, 0) is 11.2 Å². The van der Waals surface area contributed by atoms with Crippen LogP contribution < -0.4 is 17.0 Å². The highest BCUT2D eigenvalue weighted by Gasteiger charge is 2.27. The van der Waals surface area contributed by atoms with Gasteiger partial charge in [-0.3, -0.25) is 16.2 Å². The Kier molecular flexibility index (Phi) is 5.72. The van der Waals surface area contributed by atoms with E-state index >= 15 is 0 Å². The van der Waals surface area contributed by atoms with Crippen molar-refractivity contribution < 1.29 is 4.74 Å². The molecule has 2 heterocycles. The van der Waals surface area contributed by atoms with Crippen molar-refractivity contribution in [1.82, 2.24) is 15.3 Å². The lowest BCUT2D eigenvalue weighted by Gasteiger charge is -2.36. The number of anilines is 1. The lowest BCUT2D eigenvalue weighted by Crippen LogP contribution is -2.54. The van der Waals surface area contributed by atoms with E-state index in [2.05, 4.69) is 22.2 Å². The quantitative estimate of drug-likeness (QED) is 0.507. The average molecular weight is 279 g/mol. The van der Waals surface area contributed by atoms with Gasteiger partial charge in [0.2, 0.25) is 0 Å². The number of aromatic nitrogens is 1. The minimum absolute atomic E-state index is 0.0427. The van der Waals surface area contributed by atoms with E-state index in [4.69, 9.17) is 16.3 Å². The van der Waals surface area contributed by atoms with Gasteiger partial charge in [-0.25, -0.2) is 4.98 Å². The summed E-state index contributed by atoms with van der Waals surface area (Å²) in [5.41, 5.74) is 9.78. The van der Waals surface area contributed by atoms with E-state index < -0.39 is 0 Å². The Morgan fingerprint density at radius 1 is 1.60 bits per heavy atom. The zero-order valence-electron chi connectivity index (χ0n) is 12.1. The molecular formula is C14H25N5O. The fraction of sp³-hybridized carbons (Fsp3) is 0.643. The van der Waals surface area contributed by atoms with E-state index in [0.717, 1.165) is 44.6 Å². The molecule has 2 unspecified atom stereocenters. The number of nitrogens with zero attached hydrogens (tertiary/aromatic N) is 2. The van der Waals surface area contributed by atoms with E-state index in [1.807, 2.05) is 12.1 Å². The van der Waals surface area contributed by atoms with Crippen molar-refractivity contribution in [2.45, 2.75) is 31.9 Å². The number of ether oxygens (including phenoxy) is 1. The Morgan fingerprint density at radius 3 is 3.15 bits per heavy atom. The van der Waals surface area contributed by atoms with E-state index in [1.165, 1.54) is 0 Å². The summed E-state index contributed by atoms with van der Waals surface area (Å²) in [4.78, 5) is 6.54. The molecule has 0 saturated carbocycles. The first-order valence-corrected chi connectivity index (χ1v) is 7.24. The predicted molar refractivity (Wildman–Crippen MR) is 79.9 cm³/mol. The molecule has 1 fully saturated rings. The molecule has 1 aromatic rings. The first-order valence-electron chi connectivity index (χ1n) is 7.24. The smallest absolute Gasteiger partial charge is 0.126 e. The summed E-state index contributed by atoms with van der Waals surface area (Å²) in [7, 11) is 0. The zero-order valence-corrected chi connectivity index (χ0v) is 12.1. The minimum Gasteiger partial charge on any atom is -0.383 e. The third-order valence-corrected chi connectivity index (χ3v) is 3.75. The van der Waals surface area contributed by atoms with E-state index in [1.54, 1.807) is 6.20 Å². The van der Waals surface area contributed by atoms with Crippen molar-refractivity contribution in [1.29, 1.82) is 0 Å². The maximum Gasteiger partial charge on any atom is 0.126 e. The minimum atomic E-state index is 0.0427. The van der Waals surface area contributed by atoms with Gasteiger partial charge in [0.25, 0.3) is 0 Å². The summed E-state index contributed by atoms with van der Waals surface area (Å²) < 4.78 is 5.87. The van der Waals surface area contributed by atoms with Crippen molar-refractivity contribution in [2.75, 3.05) is 32.0 Å². The second-order valence-corrected chi connectivity index (χ2v) is 5.23. The first-order chi connectivity index (χ1) is 9.74. The third kappa shape index (κ3) is 3.89. The molecular weight excluding hydrogens is 254 g/mol. The maximum atomic E-state index is 5.90. The highest BCUT2D eigenvalue weighted by atomic mass is 16.5. The first kappa shape index (κ1) is 15.2. The normalized spacial score (nSPS) is 21.8. The molecule has 6 nitrogen and oxygen atoms in total. The largest absolute Gasteiger partial charge is 0.383 e. The average Bonchev–Trinajstić information content (AvgIpc) is 2.47. The predicted octanol–water partition coefficient (Wildman–Crippen LogP) is 0.149. The summed E-state index contributed by atoms with van der Waals surface area (Å²) in [5, 5.41) is 0. The van der Waals surface area contributed by atoms with Crippen LogP contribution in [0.2, 0.25) is 0 Å². The van der Waals surface area contributed by atoms with Gasteiger partial charge in [-0.05, 0) is 31.0 Å². The van der Waals surface area contributed by atoms with E-state index in [0.29, 0.717) is 5.82 Å². The Balaban J connectivity index is 1.99. The topological polar surface area (TPSA) is 89.4 Å². The van der Waals surface area contributed by atoms with Crippen LogP contribution in [0, 0.1) is 0 Å². The van der Waals surface area contributed by atoms with Crippen LogP contribution in [0.15, 0.2) is 18.3 Å². The SMILES string of the molecule is CCCN1CCOC(C(Cc2cccnc2N)NN)C1. The second-order valence-electron chi connectivity index (χ2n) is 5.23. The van der Waals surface area contributed by atoms with Crippen LogP contribution in [0.4, 0.5) is 5.82 Å². The van der Waals surface area contributed by atoms with Crippen molar-refractivity contribution in [3.63, 3.8) is 0 Å². The standard InChI is InChI=1S/C14H25N5O/c1-2-6-19-7-8-20-13(10-19)12(18-16)9-11-4-3-5-17-14(11)15/h3-5,12-13,18H,2,6-10,16H2,1H3,(H2,15,17). The summed E-state index contributed by atoms with van der Waals surface area (Å²) >= 11 is 0. The van der Waals surface area contributed by atoms with Crippen molar-refractivity contribution >= 4 is 5.82 Å². The number of pyridine rings is 1. The van der Waals surface area contributed by atoms with Gasteiger partial charge < -0.3 is 10.5 Å². The third-order valence-electron chi connectivity index (χ3n) is 3.75. The van der Waals surface area contributed by atoms with Crippen LogP contribution in [0.1, 0.15) is 18.9 Å². The number of hydrazine groups is 1. The fourth-order valence-corrected chi connectivity index (χ4v) is 2.65. The van der Waals surface area contributed by atoms with Gasteiger partial charge in [0.05, 0.1) is 18.8 Å². The van der Waals surface area contributed by atoms with Crippen LogP contribution >= 0.6 is 0 Å². The van der Waals surface area contributed by atoms with Crippen LogP contribution in [0.5, 0.6) is 0 Å². The number of nitrogens with two attached hydrogens (primary N) is 2. The molecule has 0 spiro atoms. The molecule has 0 amide bonds. The highest BCUT2D eigenvalue weighted by Crippen LogP contribution is 2.16. The summed E-state index contributed by atoms with van der Waals surface area (Å²) in [6, 6.07) is 3.92. The van der Waals surface area contributed by atoms with Gasteiger partial charge in [-0.2, -0.15) is 0 Å². The van der Waals surface area contributed by atoms with Gasteiger partial charge >= 0.3 is 0 Å². The number of rotatable bonds is 6. The lowest BCUT2D eigenvalue weighted by molar-refractivity contribution is -0.0462. The van der Waals surface area contributed by atoms with E-state index in [9.17, 15) is 0 Å². The molecule has 5 N–H and O–H groups in total. The maximum absolute atomic E-state index is 5.90. The van der Waals surface area contributed by atoms with Crippen LogP contribution in [-0.4, -0.2) is 48.3 Å². The second kappa shape index (κ2) is 7.54. The molecule has 0 aromatic carbocycles. The molecule has 1 aliphatic rings. The Bertz CT molecular complexity index is 412. The molecule has 1 aliphatic heterocycles. The van der Waals surface area contributed by atoms with Gasteiger partial charge in [-0.1, -0.05) is 13.0 Å². The van der Waals surface area contributed by atoms with Crippen molar-refractivity contribution in [2.24, 2.45) is 5.84 Å². The Labute approximate surface area is 120 Å². The van der Waals surface area contributed by atoms with Gasteiger partial charge in [-0.15, -0.1) is 0 Å². The number of hydrogen-bond donors (Lipinski definition) is 3. The summed E-state index contributed by atoms with van der Waals surface area (Å²) in [6.45, 7) is 5.95. The molecule has 20 heavy (non-hydrogen) atoms. The lowest BCUT2D eigenvalue weighted by atomic mass is 10.0. The van der Waals surface area contributed by atoms with Crippen molar-refractivity contribution in [3.8, 4) is 0 Å². The molecule has 112 valence electrons. The Morgan fingerprint density at radius 2 is 2.45 bits per heavy atom. The molecule has 6 heteroatoms. The van der Waals surface area contributed by atoms with Crippen molar-refractivity contribution in [3.05, 3.63) is 23.9 Å². The molecule has 2 atom stereocenters. The zero-order chi connectivity index (χ0) is 14.4. The monoisotopic (exact) mass is 279 g/mol. The highest BCUT2D eigenvalue weighted by molar-refractivity contribution is 5.39. The van der Waals surface area contributed by atoms with Crippen LogP contribution in [0.3, 0.4) is 0 Å². The molecule has 0 bridgehead atoms. The van der Waals surface area contributed by atoms with Crippen LogP contribution in [0.25, 0.3) is 0 Å². The molecule has 1 saturated heterocycles. The molecule has 0 radical (unpaired) electrons. The Hall–Kier alpha value is -1.21. The van der Waals surface area contributed by atoms with Gasteiger partial charge in [0.15, 0.2) is 0 Å². The number of morpholine rings is 1. The fourth-order valence-electron chi connectivity index (χ4n) is 2.65.